The van der Waals surface area contributed by atoms with Crippen molar-refractivity contribution in [2.75, 3.05) is 13.1 Å². The summed E-state index contributed by atoms with van der Waals surface area (Å²) in [5.74, 6) is -0.568. The Morgan fingerprint density at radius 2 is 1.89 bits per heavy atom. The molecule has 1 aromatic carbocycles. The highest BCUT2D eigenvalue weighted by Gasteiger charge is 2.37. The number of amides is 2. The number of nitrogens with one attached hydrogen (secondary N) is 1. The molecular formula is C21H30N2O5. The lowest BCUT2D eigenvalue weighted by molar-refractivity contribution is -0.156. The standard InChI is InChI=1S/C21H30N2O5/c1-5-14(3)27-19(24)13-18-20(25)22-11-12-23(18)21(26)15(4)28-17-9-7-16(6-2)8-10-17/h7-10,14-15,18H,5-6,11-13H2,1-4H3,(H,22,25). The molecule has 1 aliphatic rings. The van der Waals surface area contributed by atoms with Gasteiger partial charge in [-0.05, 0) is 44.4 Å². The Bertz CT molecular complexity index is 689. The molecule has 0 spiro atoms. The van der Waals surface area contributed by atoms with Crippen molar-refractivity contribution in [3.05, 3.63) is 29.8 Å². The van der Waals surface area contributed by atoms with Crippen LogP contribution in [0.4, 0.5) is 0 Å². The largest absolute Gasteiger partial charge is 0.481 e. The number of carbonyl (C=O) groups is 3. The van der Waals surface area contributed by atoms with Gasteiger partial charge in [0.05, 0.1) is 12.5 Å². The fraction of sp³-hybridized carbons (Fsp3) is 0.571. The first-order valence-corrected chi connectivity index (χ1v) is 9.88. The van der Waals surface area contributed by atoms with Gasteiger partial charge in [-0.25, -0.2) is 0 Å². The van der Waals surface area contributed by atoms with E-state index in [0.717, 1.165) is 6.42 Å². The molecule has 0 saturated carbocycles. The number of aryl methyl sites for hydroxylation is 1. The highest BCUT2D eigenvalue weighted by atomic mass is 16.5. The Morgan fingerprint density at radius 3 is 2.50 bits per heavy atom. The van der Waals surface area contributed by atoms with Gasteiger partial charge in [-0.15, -0.1) is 0 Å². The van der Waals surface area contributed by atoms with Gasteiger partial charge in [-0.2, -0.15) is 0 Å². The minimum absolute atomic E-state index is 0.167. The Hall–Kier alpha value is -2.57. The predicted octanol–water partition coefficient (Wildman–Crippen LogP) is 2.08. The summed E-state index contributed by atoms with van der Waals surface area (Å²) in [6.07, 6.45) is 0.446. The van der Waals surface area contributed by atoms with Crippen LogP contribution in [0.2, 0.25) is 0 Å². The number of esters is 1. The lowest BCUT2D eigenvalue weighted by Gasteiger charge is -2.36. The highest BCUT2D eigenvalue weighted by Crippen LogP contribution is 2.18. The number of hydrogen-bond acceptors (Lipinski definition) is 5. The molecule has 1 heterocycles. The monoisotopic (exact) mass is 390 g/mol. The van der Waals surface area contributed by atoms with Gasteiger partial charge < -0.3 is 19.7 Å². The molecular weight excluding hydrogens is 360 g/mol. The van der Waals surface area contributed by atoms with Crippen molar-refractivity contribution < 1.29 is 23.9 Å². The van der Waals surface area contributed by atoms with Crippen molar-refractivity contribution in [2.45, 2.75) is 65.2 Å². The van der Waals surface area contributed by atoms with Crippen LogP contribution in [-0.2, 0) is 25.5 Å². The van der Waals surface area contributed by atoms with E-state index >= 15 is 0 Å². The Labute approximate surface area is 166 Å². The second kappa shape index (κ2) is 10.1. The maximum absolute atomic E-state index is 12.9. The van der Waals surface area contributed by atoms with Gasteiger partial charge in [-0.3, -0.25) is 14.4 Å². The lowest BCUT2D eigenvalue weighted by atomic mass is 10.1. The molecule has 3 atom stereocenters. The number of ether oxygens (including phenoxy) is 2. The molecule has 28 heavy (non-hydrogen) atoms. The average Bonchev–Trinajstić information content (AvgIpc) is 2.69. The third-order valence-electron chi connectivity index (χ3n) is 4.87. The summed E-state index contributed by atoms with van der Waals surface area (Å²) >= 11 is 0. The van der Waals surface area contributed by atoms with Gasteiger partial charge in [0.2, 0.25) is 5.91 Å². The van der Waals surface area contributed by atoms with Gasteiger partial charge in [0.25, 0.3) is 5.91 Å². The first-order chi connectivity index (χ1) is 13.3. The van der Waals surface area contributed by atoms with Crippen LogP contribution in [0, 0.1) is 0 Å². The number of nitrogens with zero attached hydrogens (tertiary/aromatic N) is 1. The van der Waals surface area contributed by atoms with Crippen LogP contribution >= 0.6 is 0 Å². The predicted molar refractivity (Wildman–Crippen MR) is 105 cm³/mol. The lowest BCUT2D eigenvalue weighted by Crippen LogP contribution is -2.60. The molecule has 2 amide bonds. The molecule has 1 N–H and O–H groups in total. The van der Waals surface area contributed by atoms with Crippen LogP contribution in [0.3, 0.4) is 0 Å². The van der Waals surface area contributed by atoms with Crippen LogP contribution in [0.5, 0.6) is 5.75 Å². The molecule has 154 valence electrons. The normalized spacial score (nSPS) is 18.8. The second-order valence-electron chi connectivity index (χ2n) is 7.01. The summed E-state index contributed by atoms with van der Waals surface area (Å²) in [4.78, 5) is 38.8. The van der Waals surface area contributed by atoms with Crippen LogP contribution in [-0.4, -0.2) is 54.0 Å². The zero-order valence-electron chi connectivity index (χ0n) is 17.1. The number of hydrogen-bond donors (Lipinski definition) is 1. The molecule has 7 heteroatoms. The molecule has 1 saturated heterocycles. The van der Waals surface area contributed by atoms with Gasteiger partial charge in [0.1, 0.15) is 11.8 Å². The van der Waals surface area contributed by atoms with Crippen LogP contribution in [0.15, 0.2) is 24.3 Å². The number of carbonyl (C=O) groups excluding carboxylic acids is 3. The van der Waals surface area contributed by atoms with E-state index in [1.165, 1.54) is 10.5 Å². The van der Waals surface area contributed by atoms with Crippen molar-refractivity contribution >= 4 is 17.8 Å². The molecule has 1 aromatic rings. The summed E-state index contributed by atoms with van der Waals surface area (Å²) in [6, 6.07) is 6.67. The minimum Gasteiger partial charge on any atom is -0.481 e. The maximum Gasteiger partial charge on any atom is 0.308 e. The molecule has 1 aliphatic heterocycles. The van der Waals surface area contributed by atoms with E-state index in [1.807, 2.05) is 31.2 Å². The first kappa shape index (κ1) is 21.7. The van der Waals surface area contributed by atoms with Gasteiger partial charge in [0, 0.05) is 13.1 Å². The highest BCUT2D eigenvalue weighted by molar-refractivity contribution is 5.93. The van der Waals surface area contributed by atoms with E-state index in [9.17, 15) is 14.4 Å². The van der Waals surface area contributed by atoms with Crippen molar-refractivity contribution in [3.63, 3.8) is 0 Å². The first-order valence-electron chi connectivity index (χ1n) is 9.88. The van der Waals surface area contributed by atoms with Crippen LogP contribution in [0.25, 0.3) is 0 Å². The van der Waals surface area contributed by atoms with Crippen molar-refractivity contribution in [1.29, 1.82) is 0 Å². The number of piperazine rings is 1. The molecule has 0 bridgehead atoms. The van der Waals surface area contributed by atoms with Crippen molar-refractivity contribution in [2.24, 2.45) is 0 Å². The molecule has 3 unspecified atom stereocenters. The SMILES string of the molecule is CCc1ccc(OC(C)C(=O)N2CCNC(=O)C2CC(=O)OC(C)CC)cc1. The molecule has 0 aromatic heterocycles. The third-order valence-corrected chi connectivity index (χ3v) is 4.87. The second-order valence-corrected chi connectivity index (χ2v) is 7.01. The zero-order valence-corrected chi connectivity index (χ0v) is 17.1. The Balaban J connectivity index is 2.04. The summed E-state index contributed by atoms with van der Waals surface area (Å²) in [5, 5.41) is 2.71. The van der Waals surface area contributed by atoms with Gasteiger partial charge in [-0.1, -0.05) is 26.0 Å². The van der Waals surface area contributed by atoms with Crippen LogP contribution < -0.4 is 10.1 Å². The topological polar surface area (TPSA) is 84.9 Å². The van der Waals surface area contributed by atoms with E-state index in [4.69, 9.17) is 9.47 Å². The maximum atomic E-state index is 12.9. The minimum atomic E-state index is -0.883. The average molecular weight is 390 g/mol. The molecule has 7 nitrogen and oxygen atoms in total. The fourth-order valence-electron chi connectivity index (χ4n) is 2.99. The Kier molecular flexibility index (Phi) is 7.84. The van der Waals surface area contributed by atoms with Gasteiger partial charge in [0.15, 0.2) is 6.10 Å². The van der Waals surface area contributed by atoms with Crippen molar-refractivity contribution in [1.82, 2.24) is 10.2 Å². The van der Waals surface area contributed by atoms with E-state index in [-0.39, 0.29) is 24.3 Å². The summed E-state index contributed by atoms with van der Waals surface area (Å²) in [5.41, 5.74) is 1.18. The fourth-order valence-corrected chi connectivity index (χ4v) is 2.99. The number of rotatable bonds is 8. The summed E-state index contributed by atoms with van der Waals surface area (Å²) in [7, 11) is 0. The molecule has 0 radical (unpaired) electrons. The smallest absolute Gasteiger partial charge is 0.308 e. The zero-order chi connectivity index (χ0) is 20.7. The summed E-state index contributed by atoms with van der Waals surface area (Å²) in [6.45, 7) is 8.09. The summed E-state index contributed by atoms with van der Waals surface area (Å²) < 4.78 is 11.0. The molecule has 1 fully saturated rings. The third kappa shape index (κ3) is 5.71. The van der Waals surface area contributed by atoms with E-state index in [2.05, 4.69) is 12.2 Å². The van der Waals surface area contributed by atoms with Gasteiger partial charge >= 0.3 is 5.97 Å². The molecule has 0 aliphatic carbocycles. The van der Waals surface area contributed by atoms with Crippen LogP contribution in [0.1, 0.15) is 46.1 Å². The quantitative estimate of drug-likeness (QED) is 0.687. The van der Waals surface area contributed by atoms with E-state index in [1.54, 1.807) is 13.8 Å². The van der Waals surface area contributed by atoms with E-state index < -0.39 is 18.1 Å². The van der Waals surface area contributed by atoms with Crippen molar-refractivity contribution in [3.8, 4) is 5.75 Å². The number of benzene rings is 1. The molecule has 2 rings (SSSR count). The van der Waals surface area contributed by atoms with E-state index in [0.29, 0.717) is 25.3 Å². The Morgan fingerprint density at radius 1 is 1.21 bits per heavy atom.